The second-order valence-corrected chi connectivity index (χ2v) is 8.53. The second-order valence-electron chi connectivity index (χ2n) is 8.53. The maximum absolute atomic E-state index is 13.0. The second kappa shape index (κ2) is 11.5. The number of para-hydroxylation sites is 1. The molecule has 8 heteroatoms. The van der Waals surface area contributed by atoms with Gasteiger partial charge in [-0.05, 0) is 54.1 Å². The highest BCUT2D eigenvalue weighted by Crippen LogP contribution is 2.22. The summed E-state index contributed by atoms with van der Waals surface area (Å²) in [6, 6.07) is 22.3. The summed E-state index contributed by atoms with van der Waals surface area (Å²) < 4.78 is 18.7. The number of hydrogen-bond acceptors (Lipinski definition) is 5. The first-order valence-corrected chi connectivity index (χ1v) is 11.6. The molecule has 0 bridgehead atoms. The molecule has 3 N–H and O–H groups in total. The molecule has 0 saturated carbocycles. The van der Waals surface area contributed by atoms with Crippen molar-refractivity contribution in [2.24, 2.45) is 5.73 Å². The summed E-state index contributed by atoms with van der Waals surface area (Å²) in [5.74, 6) is -0.0421. The first kappa shape index (κ1) is 24.2. The van der Waals surface area contributed by atoms with Crippen LogP contribution in [0.1, 0.15) is 5.56 Å². The third-order valence-corrected chi connectivity index (χ3v) is 5.95. The Hall–Kier alpha value is -3.91. The molecular formula is C27H29FN4O3. The Balaban J connectivity index is 1.26. The predicted octanol–water partition coefficient (Wildman–Crippen LogP) is 2.95. The zero-order chi connectivity index (χ0) is 24.6. The van der Waals surface area contributed by atoms with Gasteiger partial charge in [0.1, 0.15) is 23.4 Å². The molecule has 1 atom stereocenters. The van der Waals surface area contributed by atoms with E-state index in [2.05, 4.69) is 27.2 Å². The smallest absolute Gasteiger partial charge is 0.240 e. The molecule has 0 aromatic heterocycles. The van der Waals surface area contributed by atoms with Gasteiger partial charge in [0.05, 0.1) is 6.54 Å². The third kappa shape index (κ3) is 7.04. The van der Waals surface area contributed by atoms with Crippen LogP contribution in [0.5, 0.6) is 11.5 Å². The van der Waals surface area contributed by atoms with Crippen molar-refractivity contribution in [2.75, 3.05) is 37.6 Å². The van der Waals surface area contributed by atoms with Crippen molar-refractivity contribution in [1.29, 1.82) is 0 Å². The highest BCUT2D eigenvalue weighted by atomic mass is 19.1. The van der Waals surface area contributed by atoms with E-state index in [0.717, 1.165) is 31.7 Å². The molecule has 182 valence electrons. The van der Waals surface area contributed by atoms with E-state index in [-0.39, 0.29) is 24.7 Å². The van der Waals surface area contributed by atoms with Gasteiger partial charge in [0.25, 0.3) is 0 Å². The average Bonchev–Trinajstić information content (AvgIpc) is 2.87. The number of piperazine rings is 1. The van der Waals surface area contributed by atoms with Gasteiger partial charge in [-0.15, -0.1) is 0 Å². The number of amides is 2. The zero-order valence-electron chi connectivity index (χ0n) is 19.4. The highest BCUT2D eigenvalue weighted by molar-refractivity contribution is 5.87. The standard InChI is InChI=1S/C27H29FN4O3/c28-21-8-12-24(13-9-21)35-23-10-6-20(7-11-23)18-25(27(29)34)30-26(33)19-31-14-16-32(17-15-31)22-4-2-1-3-5-22/h1-13,25H,14-19H2,(H2,29,34)(H,30,33). The molecule has 1 fully saturated rings. The van der Waals surface area contributed by atoms with E-state index >= 15 is 0 Å². The fraction of sp³-hybridized carbons (Fsp3) is 0.259. The molecule has 7 nitrogen and oxygen atoms in total. The molecular weight excluding hydrogens is 447 g/mol. The van der Waals surface area contributed by atoms with E-state index in [9.17, 15) is 14.0 Å². The number of primary amides is 1. The van der Waals surface area contributed by atoms with Crippen molar-refractivity contribution in [3.05, 3.63) is 90.2 Å². The lowest BCUT2D eigenvalue weighted by molar-refractivity contribution is -0.128. The minimum absolute atomic E-state index is 0.219. The zero-order valence-corrected chi connectivity index (χ0v) is 19.4. The van der Waals surface area contributed by atoms with Crippen molar-refractivity contribution in [3.63, 3.8) is 0 Å². The Kier molecular flexibility index (Phi) is 7.95. The molecule has 2 amide bonds. The number of benzene rings is 3. The summed E-state index contributed by atoms with van der Waals surface area (Å²) in [6.45, 7) is 3.42. The van der Waals surface area contributed by atoms with Crippen LogP contribution in [0.4, 0.5) is 10.1 Å². The predicted molar refractivity (Wildman–Crippen MR) is 133 cm³/mol. The molecule has 35 heavy (non-hydrogen) atoms. The molecule has 3 aromatic rings. The van der Waals surface area contributed by atoms with Crippen LogP contribution in [0, 0.1) is 5.82 Å². The van der Waals surface area contributed by atoms with Crippen molar-refractivity contribution < 1.29 is 18.7 Å². The SMILES string of the molecule is NC(=O)C(Cc1ccc(Oc2ccc(F)cc2)cc1)NC(=O)CN1CCN(c2ccccc2)CC1. The van der Waals surface area contributed by atoms with Gasteiger partial charge in [0.15, 0.2) is 0 Å². The van der Waals surface area contributed by atoms with Crippen LogP contribution in [0.2, 0.25) is 0 Å². The van der Waals surface area contributed by atoms with E-state index in [1.54, 1.807) is 24.3 Å². The lowest BCUT2D eigenvalue weighted by Gasteiger charge is -2.35. The maximum Gasteiger partial charge on any atom is 0.240 e. The number of carbonyl (C=O) groups excluding carboxylic acids is 2. The number of hydrogen-bond donors (Lipinski definition) is 2. The van der Waals surface area contributed by atoms with Crippen LogP contribution < -0.4 is 20.7 Å². The summed E-state index contributed by atoms with van der Waals surface area (Å²) in [7, 11) is 0. The first-order chi connectivity index (χ1) is 17.0. The van der Waals surface area contributed by atoms with Gasteiger partial charge in [-0.1, -0.05) is 30.3 Å². The summed E-state index contributed by atoms with van der Waals surface area (Å²) in [5.41, 5.74) is 7.57. The van der Waals surface area contributed by atoms with Gasteiger partial charge in [-0.25, -0.2) is 4.39 Å². The van der Waals surface area contributed by atoms with E-state index in [0.29, 0.717) is 11.5 Å². The first-order valence-electron chi connectivity index (χ1n) is 11.6. The quantitative estimate of drug-likeness (QED) is 0.496. The monoisotopic (exact) mass is 476 g/mol. The van der Waals surface area contributed by atoms with Gasteiger partial charge in [-0.2, -0.15) is 0 Å². The summed E-state index contributed by atoms with van der Waals surface area (Å²) >= 11 is 0. The van der Waals surface area contributed by atoms with Crippen LogP contribution in [0.3, 0.4) is 0 Å². The summed E-state index contributed by atoms with van der Waals surface area (Å²) in [4.78, 5) is 29.0. The van der Waals surface area contributed by atoms with E-state index in [1.165, 1.54) is 17.8 Å². The minimum atomic E-state index is -0.808. The van der Waals surface area contributed by atoms with Crippen molar-refractivity contribution in [2.45, 2.75) is 12.5 Å². The molecule has 4 rings (SSSR count). The van der Waals surface area contributed by atoms with Gasteiger partial charge < -0.3 is 20.7 Å². The number of halogens is 1. The highest BCUT2D eigenvalue weighted by Gasteiger charge is 2.23. The molecule has 1 saturated heterocycles. The number of nitrogens with one attached hydrogen (secondary N) is 1. The largest absolute Gasteiger partial charge is 0.457 e. The Bertz CT molecular complexity index is 1120. The Morgan fingerprint density at radius 1 is 0.886 bits per heavy atom. The molecule has 0 spiro atoms. The Morgan fingerprint density at radius 3 is 2.09 bits per heavy atom. The molecule has 1 heterocycles. The minimum Gasteiger partial charge on any atom is -0.457 e. The van der Waals surface area contributed by atoms with Gasteiger partial charge in [0.2, 0.25) is 11.8 Å². The summed E-state index contributed by atoms with van der Waals surface area (Å²) in [6.07, 6.45) is 0.277. The Morgan fingerprint density at radius 2 is 1.49 bits per heavy atom. The van der Waals surface area contributed by atoms with Crippen molar-refractivity contribution in [3.8, 4) is 11.5 Å². The fourth-order valence-electron chi connectivity index (χ4n) is 4.04. The molecule has 0 aliphatic carbocycles. The third-order valence-electron chi connectivity index (χ3n) is 5.95. The summed E-state index contributed by atoms with van der Waals surface area (Å²) in [5, 5.41) is 2.78. The number of ether oxygens (including phenoxy) is 1. The van der Waals surface area contributed by atoms with Crippen molar-refractivity contribution in [1.82, 2.24) is 10.2 Å². The molecule has 1 unspecified atom stereocenters. The van der Waals surface area contributed by atoms with E-state index in [1.807, 2.05) is 30.3 Å². The lowest BCUT2D eigenvalue weighted by atomic mass is 10.1. The van der Waals surface area contributed by atoms with E-state index in [4.69, 9.17) is 10.5 Å². The van der Waals surface area contributed by atoms with Crippen LogP contribution in [0.25, 0.3) is 0 Å². The molecule has 0 radical (unpaired) electrons. The van der Waals surface area contributed by atoms with Gasteiger partial charge in [0, 0.05) is 38.3 Å². The fourth-order valence-corrected chi connectivity index (χ4v) is 4.04. The van der Waals surface area contributed by atoms with Crippen LogP contribution in [-0.4, -0.2) is 55.5 Å². The average molecular weight is 477 g/mol. The molecule has 1 aliphatic heterocycles. The number of carbonyl (C=O) groups is 2. The van der Waals surface area contributed by atoms with Gasteiger partial charge in [-0.3, -0.25) is 14.5 Å². The normalized spacial score (nSPS) is 14.8. The molecule has 3 aromatic carbocycles. The number of nitrogens with two attached hydrogens (primary N) is 1. The van der Waals surface area contributed by atoms with E-state index < -0.39 is 11.9 Å². The Labute approximate surface area is 204 Å². The topological polar surface area (TPSA) is 87.9 Å². The van der Waals surface area contributed by atoms with Crippen LogP contribution in [-0.2, 0) is 16.0 Å². The van der Waals surface area contributed by atoms with Crippen LogP contribution in [0.15, 0.2) is 78.9 Å². The van der Waals surface area contributed by atoms with Gasteiger partial charge >= 0.3 is 0 Å². The maximum atomic E-state index is 13.0. The lowest BCUT2D eigenvalue weighted by Crippen LogP contribution is -2.52. The number of anilines is 1. The van der Waals surface area contributed by atoms with Crippen LogP contribution >= 0.6 is 0 Å². The number of rotatable bonds is 9. The number of nitrogens with zero attached hydrogens (tertiary/aromatic N) is 2. The molecule has 1 aliphatic rings. The van der Waals surface area contributed by atoms with Crippen molar-refractivity contribution >= 4 is 17.5 Å².